The summed E-state index contributed by atoms with van der Waals surface area (Å²) < 4.78 is 5.35. The maximum absolute atomic E-state index is 11.7. The van der Waals surface area contributed by atoms with E-state index in [1.165, 1.54) is 0 Å². The first-order valence-electron chi connectivity index (χ1n) is 4.63. The zero-order chi connectivity index (χ0) is 10.3. The summed E-state index contributed by atoms with van der Waals surface area (Å²) in [5.41, 5.74) is -1.44. The first-order chi connectivity index (χ1) is 5.72. The highest BCUT2D eigenvalue weighted by molar-refractivity contribution is 5.90. The van der Waals surface area contributed by atoms with Gasteiger partial charge in [0.25, 0.3) is 0 Å². The molecule has 1 N–H and O–H groups in total. The minimum atomic E-state index is -0.788. The molecule has 0 amide bonds. The van der Waals surface area contributed by atoms with Crippen LogP contribution < -0.4 is 0 Å². The maximum atomic E-state index is 11.7. The van der Waals surface area contributed by atoms with Gasteiger partial charge < -0.3 is 9.84 Å². The van der Waals surface area contributed by atoms with Crippen molar-refractivity contribution in [3.8, 4) is 0 Å². The monoisotopic (exact) mass is 186 g/mol. The van der Waals surface area contributed by atoms with Crippen LogP contribution in [0.4, 0.5) is 0 Å². The highest BCUT2D eigenvalue weighted by Crippen LogP contribution is 2.30. The number of hydrogen-bond donors (Lipinski definition) is 1. The van der Waals surface area contributed by atoms with Crippen LogP contribution in [0.2, 0.25) is 0 Å². The van der Waals surface area contributed by atoms with Gasteiger partial charge in [0.1, 0.15) is 5.60 Å². The van der Waals surface area contributed by atoms with Gasteiger partial charge in [-0.15, -0.1) is 0 Å². The largest absolute Gasteiger partial charge is 0.390 e. The number of carbonyl (C=O) groups excluding carboxylic acids is 1. The van der Waals surface area contributed by atoms with Crippen molar-refractivity contribution in [3.05, 3.63) is 0 Å². The summed E-state index contributed by atoms with van der Waals surface area (Å²) in [5.74, 6) is -0.0374. The van der Waals surface area contributed by atoms with E-state index in [1.807, 2.05) is 0 Å². The summed E-state index contributed by atoms with van der Waals surface area (Å²) >= 11 is 0. The Morgan fingerprint density at radius 3 is 2.46 bits per heavy atom. The van der Waals surface area contributed by atoms with Crippen LogP contribution in [-0.4, -0.2) is 28.7 Å². The molecule has 0 aliphatic carbocycles. The zero-order valence-corrected chi connectivity index (χ0v) is 8.76. The molecule has 1 aliphatic rings. The molecule has 0 bridgehead atoms. The Balaban J connectivity index is 2.62. The van der Waals surface area contributed by atoms with Crippen molar-refractivity contribution in [2.24, 2.45) is 5.92 Å². The number of hydrogen-bond acceptors (Lipinski definition) is 3. The van der Waals surface area contributed by atoms with Gasteiger partial charge in [-0.1, -0.05) is 0 Å². The molecule has 0 radical (unpaired) electrons. The highest BCUT2D eigenvalue weighted by Gasteiger charge is 2.43. The van der Waals surface area contributed by atoms with Crippen molar-refractivity contribution < 1.29 is 14.6 Å². The average molecular weight is 186 g/mol. The van der Waals surface area contributed by atoms with E-state index in [-0.39, 0.29) is 11.7 Å². The lowest BCUT2D eigenvalue weighted by molar-refractivity contribution is -0.131. The molecule has 0 saturated carbocycles. The van der Waals surface area contributed by atoms with Crippen molar-refractivity contribution in [1.29, 1.82) is 0 Å². The van der Waals surface area contributed by atoms with Gasteiger partial charge in [0.15, 0.2) is 5.78 Å². The van der Waals surface area contributed by atoms with Gasteiger partial charge in [-0.2, -0.15) is 0 Å². The number of carbonyl (C=O) groups is 1. The molecule has 0 aromatic rings. The molecule has 1 aliphatic heterocycles. The summed E-state index contributed by atoms with van der Waals surface area (Å²) in [6.07, 6.45) is 0.481. The van der Waals surface area contributed by atoms with Gasteiger partial charge in [-0.05, 0) is 34.1 Å². The number of ketones is 1. The minimum absolute atomic E-state index is 0.106. The summed E-state index contributed by atoms with van der Waals surface area (Å²) in [5, 5.41) is 9.56. The van der Waals surface area contributed by atoms with E-state index in [1.54, 1.807) is 27.7 Å². The fourth-order valence-electron chi connectivity index (χ4n) is 1.70. The van der Waals surface area contributed by atoms with E-state index in [4.69, 9.17) is 4.74 Å². The van der Waals surface area contributed by atoms with Crippen molar-refractivity contribution >= 4 is 5.78 Å². The molecular weight excluding hydrogens is 168 g/mol. The number of aliphatic hydroxyl groups is 1. The van der Waals surface area contributed by atoms with Crippen molar-refractivity contribution in [1.82, 2.24) is 0 Å². The van der Waals surface area contributed by atoms with Crippen molar-refractivity contribution in [3.63, 3.8) is 0 Å². The molecule has 0 aromatic carbocycles. The lowest BCUT2D eigenvalue weighted by atomic mass is 9.87. The zero-order valence-electron chi connectivity index (χ0n) is 8.76. The summed E-state index contributed by atoms with van der Waals surface area (Å²) in [7, 11) is 0. The Bertz CT molecular complexity index is 213. The molecule has 1 atom stereocenters. The maximum Gasteiger partial charge on any atom is 0.169 e. The summed E-state index contributed by atoms with van der Waals surface area (Å²) in [6, 6.07) is 0. The van der Waals surface area contributed by atoms with E-state index in [9.17, 15) is 9.90 Å². The van der Waals surface area contributed by atoms with Gasteiger partial charge in [0.05, 0.1) is 12.2 Å². The predicted molar refractivity (Wildman–Crippen MR) is 49.4 cm³/mol. The molecule has 76 valence electrons. The van der Waals surface area contributed by atoms with Crippen molar-refractivity contribution in [2.75, 3.05) is 6.61 Å². The topological polar surface area (TPSA) is 46.5 Å². The Morgan fingerprint density at radius 2 is 2.15 bits per heavy atom. The van der Waals surface area contributed by atoms with Crippen LogP contribution in [0.25, 0.3) is 0 Å². The van der Waals surface area contributed by atoms with E-state index >= 15 is 0 Å². The van der Waals surface area contributed by atoms with E-state index in [2.05, 4.69) is 0 Å². The van der Waals surface area contributed by atoms with Gasteiger partial charge in [0.2, 0.25) is 0 Å². The van der Waals surface area contributed by atoms with Crippen LogP contribution in [0, 0.1) is 5.92 Å². The molecule has 3 nitrogen and oxygen atoms in total. The van der Waals surface area contributed by atoms with Gasteiger partial charge >= 0.3 is 0 Å². The SMILES string of the molecule is CC(C)(O)CC1COC(C)(C)C1=O. The lowest BCUT2D eigenvalue weighted by Gasteiger charge is -2.20. The van der Waals surface area contributed by atoms with Gasteiger partial charge in [-0.25, -0.2) is 0 Å². The molecule has 1 heterocycles. The van der Waals surface area contributed by atoms with Gasteiger partial charge in [-0.3, -0.25) is 4.79 Å². The number of rotatable bonds is 2. The summed E-state index contributed by atoms with van der Waals surface area (Å²) in [6.45, 7) is 7.42. The lowest BCUT2D eigenvalue weighted by Crippen LogP contribution is -2.33. The van der Waals surface area contributed by atoms with Crippen LogP contribution >= 0.6 is 0 Å². The molecule has 1 unspecified atom stereocenters. The minimum Gasteiger partial charge on any atom is -0.390 e. The Labute approximate surface area is 79.1 Å². The van der Waals surface area contributed by atoms with Crippen molar-refractivity contribution in [2.45, 2.75) is 45.3 Å². The molecule has 3 heteroatoms. The second-order valence-electron chi connectivity index (χ2n) is 4.90. The third kappa shape index (κ3) is 2.51. The number of Topliss-reactive ketones (excluding diaryl/α,β-unsaturated/α-hetero) is 1. The Hall–Kier alpha value is -0.410. The van der Waals surface area contributed by atoms with Crippen LogP contribution in [-0.2, 0) is 9.53 Å². The second kappa shape index (κ2) is 3.07. The van der Waals surface area contributed by atoms with E-state index in [0.717, 1.165) is 0 Å². The predicted octanol–water partition coefficient (Wildman–Crippen LogP) is 1.14. The van der Waals surface area contributed by atoms with Gasteiger partial charge in [0, 0.05) is 5.92 Å². The van der Waals surface area contributed by atoms with E-state index in [0.29, 0.717) is 13.0 Å². The first-order valence-corrected chi connectivity index (χ1v) is 4.63. The highest BCUT2D eigenvalue weighted by atomic mass is 16.5. The van der Waals surface area contributed by atoms with E-state index < -0.39 is 11.2 Å². The molecule has 1 fully saturated rings. The third-order valence-electron chi connectivity index (χ3n) is 2.36. The summed E-state index contributed by atoms with van der Waals surface area (Å²) in [4.78, 5) is 11.7. The smallest absolute Gasteiger partial charge is 0.169 e. The third-order valence-corrected chi connectivity index (χ3v) is 2.36. The molecule has 1 rings (SSSR count). The quantitative estimate of drug-likeness (QED) is 0.703. The Kier molecular flexibility index (Phi) is 2.52. The molecular formula is C10H18O3. The fraction of sp³-hybridized carbons (Fsp3) is 0.900. The molecule has 0 spiro atoms. The van der Waals surface area contributed by atoms with Crippen LogP contribution in [0.3, 0.4) is 0 Å². The number of ether oxygens (including phenoxy) is 1. The standard InChI is InChI=1S/C10H18O3/c1-9(2,12)5-7-6-13-10(3,4)8(7)11/h7,12H,5-6H2,1-4H3. The van der Waals surface area contributed by atoms with Crippen LogP contribution in [0.5, 0.6) is 0 Å². The normalized spacial score (nSPS) is 28.1. The Morgan fingerprint density at radius 1 is 1.62 bits per heavy atom. The van der Waals surface area contributed by atoms with Crippen LogP contribution in [0.1, 0.15) is 34.1 Å². The molecule has 13 heavy (non-hydrogen) atoms. The fourth-order valence-corrected chi connectivity index (χ4v) is 1.70. The average Bonchev–Trinajstić information content (AvgIpc) is 2.13. The molecule has 1 saturated heterocycles. The first kappa shape index (κ1) is 10.7. The second-order valence-corrected chi connectivity index (χ2v) is 4.90. The van der Waals surface area contributed by atoms with Crippen LogP contribution in [0.15, 0.2) is 0 Å². The molecule has 0 aromatic heterocycles.